The van der Waals surface area contributed by atoms with Crippen LogP contribution in [0.5, 0.6) is 0 Å². The van der Waals surface area contributed by atoms with Gasteiger partial charge in [-0.15, -0.1) is 5.10 Å². The molecule has 8 nitrogen and oxygen atoms in total. The van der Waals surface area contributed by atoms with Crippen LogP contribution < -0.4 is 0 Å². The summed E-state index contributed by atoms with van der Waals surface area (Å²) in [4.78, 5) is 19.1. The molecule has 4 rings (SSSR count). The van der Waals surface area contributed by atoms with E-state index >= 15 is 0 Å². The Balaban J connectivity index is 1.45. The number of hydrogen-bond donors (Lipinski definition) is 0. The second-order valence-corrected chi connectivity index (χ2v) is 6.94. The lowest BCUT2D eigenvalue weighted by molar-refractivity contribution is -0.132. The molecule has 2 aromatic heterocycles. The van der Waals surface area contributed by atoms with Gasteiger partial charge < -0.3 is 9.42 Å². The highest BCUT2D eigenvalue weighted by atomic mass is 16.5. The quantitative estimate of drug-likeness (QED) is 0.700. The van der Waals surface area contributed by atoms with E-state index in [1.54, 1.807) is 4.68 Å². The van der Waals surface area contributed by atoms with Crippen LogP contribution in [0.4, 0.5) is 0 Å². The molecule has 1 aromatic carbocycles. The summed E-state index contributed by atoms with van der Waals surface area (Å²) in [5, 5.41) is 12.3. The molecule has 0 bridgehead atoms. The van der Waals surface area contributed by atoms with Crippen LogP contribution in [0.15, 0.2) is 28.8 Å². The van der Waals surface area contributed by atoms with E-state index in [2.05, 4.69) is 20.5 Å². The number of carbonyl (C=O) groups excluding carboxylic acids is 1. The van der Waals surface area contributed by atoms with Gasteiger partial charge in [0.2, 0.25) is 11.8 Å². The van der Waals surface area contributed by atoms with E-state index in [9.17, 15) is 4.79 Å². The Bertz CT molecular complexity index is 915. The molecular weight excluding hydrogens is 332 g/mol. The van der Waals surface area contributed by atoms with Crippen LogP contribution in [0.2, 0.25) is 0 Å². The molecule has 1 aliphatic rings. The number of aryl methyl sites for hydroxylation is 1. The van der Waals surface area contributed by atoms with E-state index in [-0.39, 0.29) is 17.9 Å². The van der Waals surface area contributed by atoms with E-state index < -0.39 is 0 Å². The number of benzene rings is 1. The van der Waals surface area contributed by atoms with Crippen molar-refractivity contribution >= 4 is 16.9 Å². The van der Waals surface area contributed by atoms with Crippen molar-refractivity contribution in [1.82, 2.24) is 30.0 Å². The molecule has 3 heterocycles. The van der Waals surface area contributed by atoms with Crippen molar-refractivity contribution < 1.29 is 9.32 Å². The molecule has 3 aromatic rings. The number of para-hydroxylation sites is 1. The van der Waals surface area contributed by atoms with Gasteiger partial charge in [-0.1, -0.05) is 36.4 Å². The van der Waals surface area contributed by atoms with Crippen LogP contribution in [0.25, 0.3) is 11.0 Å². The van der Waals surface area contributed by atoms with Crippen molar-refractivity contribution in [3.05, 3.63) is 36.0 Å². The van der Waals surface area contributed by atoms with Gasteiger partial charge in [0.25, 0.3) is 0 Å². The zero-order valence-electron chi connectivity index (χ0n) is 15.0. The third-order valence-corrected chi connectivity index (χ3v) is 4.79. The molecule has 1 amide bonds. The molecule has 0 unspecified atom stereocenters. The molecule has 1 atom stereocenters. The van der Waals surface area contributed by atoms with Gasteiger partial charge in [-0.3, -0.25) is 4.79 Å². The predicted molar refractivity (Wildman–Crippen MR) is 94.2 cm³/mol. The first-order valence-electron chi connectivity index (χ1n) is 9.04. The smallest absolute Gasteiger partial charge is 0.249 e. The number of nitrogens with zero attached hydrogens (tertiary/aromatic N) is 6. The van der Waals surface area contributed by atoms with Crippen molar-refractivity contribution in [2.24, 2.45) is 0 Å². The lowest BCUT2D eigenvalue weighted by Gasteiger charge is -2.21. The van der Waals surface area contributed by atoms with Gasteiger partial charge in [0.1, 0.15) is 11.6 Å². The lowest BCUT2D eigenvalue weighted by Crippen LogP contribution is -2.31. The maximum atomic E-state index is 12.8. The van der Waals surface area contributed by atoms with Crippen molar-refractivity contribution in [2.45, 2.75) is 51.6 Å². The fraction of sp³-hybridized carbons (Fsp3) is 0.500. The van der Waals surface area contributed by atoms with Gasteiger partial charge in [0.05, 0.1) is 12.1 Å². The zero-order valence-corrected chi connectivity index (χ0v) is 15.0. The second kappa shape index (κ2) is 6.86. The zero-order chi connectivity index (χ0) is 18.1. The Morgan fingerprint density at radius 3 is 3.00 bits per heavy atom. The van der Waals surface area contributed by atoms with Crippen LogP contribution in [0.3, 0.4) is 0 Å². The average molecular weight is 354 g/mol. The molecule has 0 N–H and O–H groups in total. The SMILES string of the molecule is CC(C)c1noc([C@H]2CCCN2C(=O)CCn2nnc3ccccc32)n1. The summed E-state index contributed by atoms with van der Waals surface area (Å²) < 4.78 is 7.20. The van der Waals surface area contributed by atoms with E-state index in [0.29, 0.717) is 24.7 Å². The van der Waals surface area contributed by atoms with Crippen LogP contribution >= 0.6 is 0 Å². The van der Waals surface area contributed by atoms with Crippen LogP contribution in [-0.4, -0.2) is 42.5 Å². The van der Waals surface area contributed by atoms with E-state index in [1.807, 2.05) is 43.0 Å². The number of likely N-dealkylation sites (tertiary alicyclic amines) is 1. The van der Waals surface area contributed by atoms with Crippen molar-refractivity contribution in [2.75, 3.05) is 6.54 Å². The fourth-order valence-electron chi connectivity index (χ4n) is 3.37. The fourth-order valence-corrected chi connectivity index (χ4v) is 3.37. The number of hydrogen-bond acceptors (Lipinski definition) is 6. The monoisotopic (exact) mass is 354 g/mol. The molecule has 1 fully saturated rings. The van der Waals surface area contributed by atoms with Gasteiger partial charge in [0, 0.05) is 18.9 Å². The van der Waals surface area contributed by atoms with Gasteiger partial charge in [0.15, 0.2) is 5.82 Å². The average Bonchev–Trinajstić information content (AvgIpc) is 3.37. The number of rotatable bonds is 5. The Labute approximate surface area is 151 Å². The summed E-state index contributed by atoms with van der Waals surface area (Å²) in [5.41, 5.74) is 1.78. The number of amides is 1. The van der Waals surface area contributed by atoms with Crippen LogP contribution in [0, 0.1) is 0 Å². The molecular formula is C18H22N6O2. The molecule has 0 saturated carbocycles. The highest BCUT2D eigenvalue weighted by Gasteiger charge is 2.34. The van der Waals surface area contributed by atoms with Crippen molar-refractivity contribution in [3.8, 4) is 0 Å². The second-order valence-electron chi connectivity index (χ2n) is 6.94. The molecule has 1 aliphatic heterocycles. The third kappa shape index (κ3) is 3.07. The standard InChI is InChI=1S/C18H22N6O2/c1-12(2)17-19-18(26-21-17)15-8-5-10-23(15)16(25)9-11-24-14-7-4-3-6-13(14)20-22-24/h3-4,6-7,12,15H,5,8-11H2,1-2H3/t15-/m1/s1. The summed E-state index contributed by atoms with van der Waals surface area (Å²) in [7, 11) is 0. The van der Waals surface area contributed by atoms with Crippen molar-refractivity contribution in [3.63, 3.8) is 0 Å². The molecule has 26 heavy (non-hydrogen) atoms. The first-order chi connectivity index (χ1) is 12.6. The number of fused-ring (bicyclic) bond motifs is 1. The Morgan fingerprint density at radius 1 is 1.35 bits per heavy atom. The lowest BCUT2D eigenvalue weighted by atomic mass is 10.2. The molecule has 0 spiro atoms. The first-order valence-corrected chi connectivity index (χ1v) is 9.04. The summed E-state index contributed by atoms with van der Waals surface area (Å²) in [6.45, 7) is 5.27. The number of carbonyl (C=O) groups is 1. The van der Waals surface area contributed by atoms with Gasteiger partial charge in [-0.05, 0) is 25.0 Å². The molecule has 0 aliphatic carbocycles. The summed E-state index contributed by atoms with van der Waals surface area (Å²) in [5.74, 6) is 1.52. The normalized spacial score (nSPS) is 17.5. The highest BCUT2D eigenvalue weighted by Crippen LogP contribution is 2.32. The maximum Gasteiger partial charge on any atom is 0.249 e. The Kier molecular flexibility index (Phi) is 4.40. The van der Waals surface area contributed by atoms with Gasteiger partial charge in [-0.2, -0.15) is 4.98 Å². The van der Waals surface area contributed by atoms with E-state index in [1.165, 1.54) is 0 Å². The first kappa shape index (κ1) is 16.7. The highest BCUT2D eigenvalue weighted by molar-refractivity contribution is 5.77. The van der Waals surface area contributed by atoms with Gasteiger partial charge >= 0.3 is 0 Å². The molecule has 136 valence electrons. The third-order valence-electron chi connectivity index (χ3n) is 4.79. The predicted octanol–water partition coefficient (Wildman–Crippen LogP) is 2.69. The van der Waals surface area contributed by atoms with E-state index in [4.69, 9.17) is 4.52 Å². The Morgan fingerprint density at radius 2 is 2.19 bits per heavy atom. The molecule has 0 radical (unpaired) electrons. The van der Waals surface area contributed by atoms with Crippen molar-refractivity contribution in [1.29, 1.82) is 0 Å². The molecule has 1 saturated heterocycles. The summed E-state index contributed by atoms with van der Waals surface area (Å²) in [6.07, 6.45) is 2.18. The van der Waals surface area contributed by atoms with Crippen LogP contribution in [-0.2, 0) is 11.3 Å². The minimum atomic E-state index is -0.116. The van der Waals surface area contributed by atoms with Gasteiger partial charge in [-0.25, -0.2) is 4.68 Å². The largest absolute Gasteiger partial charge is 0.337 e. The summed E-state index contributed by atoms with van der Waals surface area (Å²) in [6, 6.07) is 7.64. The number of aromatic nitrogens is 5. The minimum absolute atomic E-state index is 0.0800. The Hall–Kier alpha value is -2.77. The van der Waals surface area contributed by atoms with E-state index in [0.717, 1.165) is 30.4 Å². The minimum Gasteiger partial charge on any atom is -0.337 e. The topological polar surface area (TPSA) is 89.9 Å². The maximum absolute atomic E-state index is 12.8. The molecule has 8 heteroatoms. The summed E-state index contributed by atoms with van der Waals surface area (Å²) >= 11 is 0. The van der Waals surface area contributed by atoms with Crippen LogP contribution in [0.1, 0.15) is 56.8 Å².